The van der Waals surface area contributed by atoms with Gasteiger partial charge in [-0.15, -0.1) is 0 Å². The number of likely N-dealkylation sites (tertiary alicyclic amines) is 1. The number of carbonyl (C=O) groups is 2. The van der Waals surface area contributed by atoms with Gasteiger partial charge in [-0.25, -0.2) is 4.79 Å². The Bertz CT molecular complexity index is 522. The summed E-state index contributed by atoms with van der Waals surface area (Å²) in [4.78, 5) is 24.9. The Morgan fingerprint density at radius 2 is 1.86 bits per heavy atom. The molecule has 1 aromatic carbocycles. The predicted molar refractivity (Wildman–Crippen MR) is 85.7 cm³/mol. The summed E-state index contributed by atoms with van der Waals surface area (Å²) < 4.78 is 0. The first-order valence-electron chi connectivity index (χ1n) is 8.07. The number of aliphatic carboxylic acids is 1. The third-order valence-corrected chi connectivity index (χ3v) is 4.15. The van der Waals surface area contributed by atoms with Gasteiger partial charge >= 0.3 is 5.97 Å². The highest BCUT2D eigenvalue weighted by molar-refractivity contribution is 5.84. The molecule has 1 N–H and O–H groups in total. The standard InChI is InChI=1S/C18H25NO3/c1-13(2)12-15-7-5-14(6-8-15)9-10-17(20)19-11-3-4-16(19)18(21)22/h5-8,13,16H,3-4,9-12H2,1-2H3,(H,21,22)/t16-/m0/s1. The highest BCUT2D eigenvalue weighted by atomic mass is 16.4. The number of amides is 1. The van der Waals surface area contributed by atoms with Crippen molar-refractivity contribution in [3.05, 3.63) is 35.4 Å². The largest absolute Gasteiger partial charge is 0.480 e. The highest BCUT2D eigenvalue weighted by Crippen LogP contribution is 2.19. The summed E-state index contributed by atoms with van der Waals surface area (Å²) in [7, 11) is 0. The van der Waals surface area contributed by atoms with E-state index in [2.05, 4.69) is 38.1 Å². The molecule has 1 aliphatic rings. The number of rotatable bonds is 6. The average Bonchev–Trinajstić information content (AvgIpc) is 2.95. The zero-order chi connectivity index (χ0) is 16.1. The van der Waals surface area contributed by atoms with Gasteiger partial charge in [-0.05, 0) is 42.7 Å². The fourth-order valence-electron chi connectivity index (χ4n) is 3.03. The first kappa shape index (κ1) is 16.5. The van der Waals surface area contributed by atoms with E-state index in [9.17, 15) is 9.59 Å². The molecule has 2 rings (SSSR count). The molecule has 0 saturated carbocycles. The number of carboxylic acids is 1. The molecule has 0 spiro atoms. The van der Waals surface area contributed by atoms with Crippen LogP contribution in [0.2, 0.25) is 0 Å². The summed E-state index contributed by atoms with van der Waals surface area (Å²) in [6.45, 7) is 4.96. The number of carboxylic acid groups (broad SMARTS) is 1. The van der Waals surface area contributed by atoms with Crippen LogP contribution in [0.4, 0.5) is 0 Å². The number of hydrogen-bond acceptors (Lipinski definition) is 2. The molecule has 120 valence electrons. The van der Waals surface area contributed by atoms with Gasteiger partial charge in [0.15, 0.2) is 0 Å². The van der Waals surface area contributed by atoms with Crippen molar-refractivity contribution in [1.82, 2.24) is 4.90 Å². The molecule has 0 bridgehead atoms. The minimum atomic E-state index is -0.885. The van der Waals surface area contributed by atoms with Gasteiger partial charge in [0.2, 0.25) is 5.91 Å². The molecular formula is C18H25NO3. The molecule has 1 amide bonds. The smallest absolute Gasteiger partial charge is 0.326 e. The molecule has 0 radical (unpaired) electrons. The van der Waals surface area contributed by atoms with E-state index in [0.717, 1.165) is 18.4 Å². The molecule has 1 aliphatic heterocycles. The second kappa shape index (κ2) is 7.43. The van der Waals surface area contributed by atoms with Crippen LogP contribution in [0.15, 0.2) is 24.3 Å². The molecule has 1 heterocycles. The lowest BCUT2D eigenvalue weighted by molar-refractivity contribution is -0.148. The van der Waals surface area contributed by atoms with E-state index >= 15 is 0 Å². The average molecular weight is 303 g/mol. The molecule has 0 unspecified atom stereocenters. The lowest BCUT2D eigenvalue weighted by Gasteiger charge is -2.21. The van der Waals surface area contributed by atoms with Crippen LogP contribution >= 0.6 is 0 Å². The summed E-state index contributed by atoms with van der Waals surface area (Å²) in [5, 5.41) is 9.13. The molecule has 4 nitrogen and oxygen atoms in total. The lowest BCUT2D eigenvalue weighted by atomic mass is 10.0. The molecular weight excluding hydrogens is 278 g/mol. The fraction of sp³-hybridized carbons (Fsp3) is 0.556. The van der Waals surface area contributed by atoms with Crippen molar-refractivity contribution in [2.75, 3.05) is 6.54 Å². The lowest BCUT2D eigenvalue weighted by Crippen LogP contribution is -2.40. The number of nitrogens with zero attached hydrogens (tertiary/aromatic N) is 1. The summed E-state index contributed by atoms with van der Waals surface area (Å²) in [6, 6.07) is 7.76. The molecule has 4 heteroatoms. The van der Waals surface area contributed by atoms with Gasteiger partial charge in [0.25, 0.3) is 0 Å². The molecule has 1 atom stereocenters. The maximum atomic E-state index is 12.2. The number of carbonyl (C=O) groups excluding carboxylic acids is 1. The summed E-state index contributed by atoms with van der Waals surface area (Å²) >= 11 is 0. The second-order valence-electron chi connectivity index (χ2n) is 6.50. The van der Waals surface area contributed by atoms with Crippen LogP contribution in [-0.2, 0) is 22.4 Å². The van der Waals surface area contributed by atoms with Crippen molar-refractivity contribution in [2.24, 2.45) is 5.92 Å². The number of aryl methyl sites for hydroxylation is 1. The highest BCUT2D eigenvalue weighted by Gasteiger charge is 2.33. The van der Waals surface area contributed by atoms with Crippen molar-refractivity contribution in [1.29, 1.82) is 0 Å². The van der Waals surface area contributed by atoms with Crippen LogP contribution in [0.3, 0.4) is 0 Å². The quantitative estimate of drug-likeness (QED) is 0.879. The van der Waals surface area contributed by atoms with Crippen molar-refractivity contribution in [3.8, 4) is 0 Å². The van der Waals surface area contributed by atoms with Gasteiger partial charge in [0, 0.05) is 13.0 Å². The van der Waals surface area contributed by atoms with E-state index in [1.165, 1.54) is 10.5 Å². The summed E-state index contributed by atoms with van der Waals surface area (Å²) in [5.41, 5.74) is 2.45. The molecule has 22 heavy (non-hydrogen) atoms. The fourth-order valence-corrected chi connectivity index (χ4v) is 3.03. The Morgan fingerprint density at radius 1 is 1.23 bits per heavy atom. The Balaban J connectivity index is 1.87. The van der Waals surface area contributed by atoms with Crippen molar-refractivity contribution in [2.45, 2.75) is 52.0 Å². The van der Waals surface area contributed by atoms with Gasteiger partial charge in [-0.3, -0.25) is 4.79 Å². The van der Waals surface area contributed by atoms with E-state index in [0.29, 0.717) is 31.7 Å². The Kier molecular flexibility index (Phi) is 5.58. The first-order valence-corrected chi connectivity index (χ1v) is 8.07. The maximum Gasteiger partial charge on any atom is 0.326 e. The molecule has 0 aliphatic carbocycles. The Morgan fingerprint density at radius 3 is 2.45 bits per heavy atom. The Labute approximate surface area is 132 Å². The molecule has 0 aromatic heterocycles. The summed E-state index contributed by atoms with van der Waals surface area (Å²) in [6.07, 6.45) is 3.47. The molecule has 1 saturated heterocycles. The van der Waals surface area contributed by atoms with Crippen LogP contribution < -0.4 is 0 Å². The van der Waals surface area contributed by atoms with Crippen LogP contribution in [0.5, 0.6) is 0 Å². The zero-order valence-electron chi connectivity index (χ0n) is 13.4. The minimum Gasteiger partial charge on any atom is -0.480 e. The third kappa shape index (κ3) is 4.33. The number of hydrogen-bond donors (Lipinski definition) is 1. The third-order valence-electron chi connectivity index (χ3n) is 4.15. The van der Waals surface area contributed by atoms with Crippen molar-refractivity contribution >= 4 is 11.9 Å². The summed E-state index contributed by atoms with van der Waals surface area (Å²) in [5.74, 6) is -0.296. The molecule has 1 fully saturated rings. The van der Waals surface area contributed by atoms with E-state index in [1.54, 1.807) is 0 Å². The van der Waals surface area contributed by atoms with Crippen molar-refractivity contribution < 1.29 is 14.7 Å². The minimum absolute atomic E-state index is 0.0452. The van der Waals surface area contributed by atoms with Gasteiger partial charge in [-0.1, -0.05) is 38.1 Å². The predicted octanol–water partition coefficient (Wildman–Crippen LogP) is 2.89. The SMILES string of the molecule is CC(C)Cc1ccc(CCC(=O)N2CCC[C@H]2C(=O)O)cc1. The van der Waals surface area contributed by atoms with Crippen molar-refractivity contribution in [3.63, 3.8) is 0 Å². The van der Waals surface area contributed by atoms with E-state index in [1.807, 2.05) is 0 Å². The second-order valence-corrected chi connectivity index (χ2v) is 6.50. The molecule has 1 aromatic rings. The Hall–Kier alpha value is -1.84. The van der Waals surface area contributed by atoms with E-state index in [-0.39, 0.29) is 5.91 Å². The van der Waals surface area contributed by atoms with E-state index in [4.69, 9.17) is 5.11 Å². The van der Waals surface area contributed by atoms with E-state index < -0.39 is 12.0 Å². The van der Waals surface area contributed by atoms with Gasteiger partial charge in [0.1, 0.15) is 6.04 Å². The first-order chi connectivity index (χ1) is 10.5. The van der Waals surface area contributed by atoms with Crippen LogP contribution in [-0.4, -0.2) is 34.5 Å². The van der Waals surface area contributed by atoms with Crippen LogP contribution in [0, 0.1) is 5.92 Å². The van der Waals surface area contributed by atoms with Gasteiger partial charge in [-0.2, -0.15) is 0 Å². The normalized spacial score (nSPS) is 18.0. The zero-order valence-corrected chi connectivity index (χ0v) is 13.4. The van der Waals surface area contributed by atoms with Crippen LogP contribution in [0.1, 0.15) is 44.2 Å². The topological polar surface area (TPSA) is 57.6 Å². The number of benzene rings is 1. The monoisotopic (exact) mass is 303 g/mol. The van der Waals surface area contributed by atoms with Gasteiger partial charge < -0.3 is 10.0 Å². The maximum absolute atomic E-state index is 12.2. The van der Waals surface area contributed by atoms with Crippen LogP contribution in [0.25, 0.3) is 0 Å². The van der Waals surface area contributed by atoms with Gasteiger partial charge in [0.05, 0.1) is 0 Å².